The van der Waals surface area contributed by atoms with Gasteiger partial charge < -0.3 is 10.6 Å². The molecule has 1 heterocycles. The van der Waals surface area contributed by atoms with Crippen LogP contribution in [0.15, 0.2) is 30.5 Å². The highest BCUT2D eigenvalue weighted by molar-refractivity contribution is 5.89. The van der Waals surface area contributed by atoms with Gasteiger partial charge in [0, 0.05) is 11.9 Å². The lowest BCUT2D eigenvalue weighted by atomic mass is 9.94. The van der Waals surface area contributed by atoms with Crippen molar-refractivity contribution in [1.29, 1.82) is 5.26 Å². The minimum absolute atomic E-state index is 0.411. The van der Waals surface area contributed by atoms with E-state index in [1.807, 2.05) is 6.07 Å². The van der Waals surface area contributed by atoms with Gasteiger partial charge in [0.1, 0.15) is 6.54 Å². The van der Waals surface area contributed by atoms with Crippen LogP contribution in [0.2, 0.25) is 0 Å². The molecule has 3 rings (SSSR count). The molecule has 26 heavy (non-hydrogen) atoms. The number of fused-ring (bicyclic) bond motifs is 1. The fraction of sp³-hybridized carbons (Fsp3) is 0.353. The highest BCUT2D eigenvalue weighted by Gasteiger charge is 2.31. The topological polar surface area (TPSA) is 82.7 Å². The second-order valence-electron chi connectivity index (χ2n) is 6.09. The average Bonchev–Trinajstić information content (AvgIpc) is 2.96. The number of alkyl halides is 3. The average molecular weight is 363 g/mol. The van der Waals surface area contributed by atoms with Crippen molar-refractivity contribution in [1.82, 2.24) is 15.1 Å². The molecule has 1 aliphatic carbocycles. The summed E-state index contributed by atoms with van der Waals surface area (Å²) in [6.45, 7) is -1.15. The first-order chi connectivity index (χ1) is 12.3. The van der Waals surface area contributed by atoms with Crippen molar-refractivity contribution in [3.05, 3.63) is 47.3 Å². The maximum atomic E-state index is 12.6. The van der Waals surface area contributed by atoms with E-state index in [4.69, 9.17) is 5.26 Å². The molecule has 1 aromatic heterocycles. The smallest absolute Gasteiger partial charge is 0.329 e. The highest BCUT2D eigenvalue weighted by Crippen LogP contribution is 2.29. The van der Waals surface area contributed by atoms with Gasteiger partial charge in [0.25, 0.3) is 0 Å². The molecule has 6 nitrogen and oxygen atoms in total. The van der Waals surface area contributed by atoms with E-state index in [0.717, 1.165) is 16.7 Å². The molecular formula is C17H16F3N5O. The number of carbonyl (C=O) groups is 1. The molecule has 0 saturated heterocycles. The van der Waals surface area contributed by atoms with Gasteiger partial charge >= 0.3 is 12.2 Å². The Morgan fingerprint density at radius 2 is 2.23 bits per heavy atom. The summed E-state index contributed by atoms with van der Waals surface area (Å²) in [5.74, 6) is 0. The second-order valence-corrected chi connectivity index (χ2v) is 6.09. The molecule has 2 amide bonds. The Hall–Kier alpha value is -3.02. The van der Waals surface area contributed by atoms with Gasteiger partial charge in [-0.3, -0.25) is 4.68 Å². The lowest BCUT2D eigenvalue weighted by molar-refractivity contribution is -0.142. The number of anilines is 1. The summed E-state index contributed by atoms with van der Waals surface area (Å²) < 4.78 is 38.5. The molecular weight excluding hydrogens is 347 g/mol. The van der Waals surface area contributed by atoms with E-state index >= 15 is 0 Å². The van der Waals surface area contributed by atoms with E-state index in [2.05, 4.69) is 15.7 Å². The van der Waals surface area contributed by atoms with Gasteiger partial charge in [-0.05, 0) is 43.0 Å². The summed E-state index contributed by atoms with van der Waals surface area (Å²) in [5, 5.41) is 18.3. The molecule has 0 aliphatic heterocycles. The van der Waals surface area contributed by atoms with Gasteiger partial charge in [0.05, 0.1) is 23.4 Å². The first-order valence-electron chi connectivity index (χ1n) is 8.05. The largest absolute Gasteiger partial charge is 0.408 e. The number of rotatable bonds is 3. The van der Waals surface area contributed by atoms with Crippen LogP contribution in [0.5, 0.6) is 0 Å². The minimum atomic E-state index is -4.35. The summed E-state index contributed by atoms with van der Waals surface area (Å²) in [4.78, 5) is 12.2. The summed E-state index contributed by atoms with van der Waals surface area (Å²) in [5.41, 5.74) is 2.06. The number of benzene rings is 1. The van der Waals surface area contributed by atoms with Gasteiger partial charge in [-0.25, -0.2) is 4.79 Å². The number of halogens is 3. The number of aromatic nitrogens is 2. The van der Waals surface area contributed by atoms with Crippen molar-refractivity contribution in [3.8, 4) is 6.07 Å². The summed E-state index contributed by atoms with van der Waals surface area (Å²) in [7, 11) is 0. The van der Waals surface area contributed by atoms with E-state index in [9.17, 15) is 18.0 Å². The molecule has 0 spiro atoms. The predicted molar refractivity (Wildman–Crippen MR) is 87.3 cm³/mol. The maximum Gasteiger partial charge on any atom is 0.408 e. The Bertz CT molecular complexity index is 853. The zero-order valence-corrected chi connectivity index (χ0v) is 13.7. The monoisotopic (exact) mass is 363 g/mol. The van der Waals surface area contributed by atoms with Crippen molar-refractivity contribution in [3.63, 3.8) is 0 Å². The fourth-order valence-corrected chi connectivity index (χ4v) is 2.99. The third kappa shape index (κ3) is 4.33. The molecule has 2 N–H and O–H groups in total. The third-order valence-corrected chi connectivity index (χ3v) is 4.04. The zero-order chi connectivity index (χ0) is 18.7. The molecule has 1 aromatic carbocycles. The molecule has 0 bridgehead atoms. The van der Waals surface area contributed by atoms with Gasteiger partial charge in [0.15, 0.2) is 0 Å². The molecule has 1 unspecified atom stereocenters. The number of aryl methyl sites for hydroxylation is 1. The fourth-order valence-electron chi connectivity index (χ4n) is 2.99. The number of carbonyl (C=O) groups excluding carboxylic acids is 1. The second kappa shape index (κ2) is 7.07. The standard InChI is InChI=1S/C17H16F3N5O/c18-17(19,20)10-25-9-12-4-2-6-14(15(12)24-25)23-16(26)22-13-5-1-3-11(7-13)8-21/h1,3,5,7,9,14H,2,4,6,10H2,(H2,22,23,26). The summed E-state index contributed by atoms with van der Waals surface area (Å²) in [6, 6.07) is 7.47. The molecule has 136 valence electrons. The molecule has 9 heteroatoms. The SMILES string of the molecule is N#Cc1cccc(NC(=O)NC2CCCc3cn(CC(F)(F)F)nc32)c1. The van der Waals surface area contributed by atoms with Gasteiger partial charge in [-0.15, -0.1) is 0 Å². The Balaban J connectivity index is 1.69. The Morgan fingerprint density at radius 3 is 2.96 bits per heavy atom. The third-order valence-electron chi connectivity index (χ3n) is 4.04. The van der Waals surface area contributed by atoms with Crippen LogP contribution in [0, 0.1) is 11.3 Å². The van der Waals surface area contributed by atoms with Crippen molar-refractivity contribution in [2.75, 3.05) is 5.32 Å². The van der Waals surface area contributed by atoms with Crippen LogP contribution in [0.25, 0.3) is 0 Å². The van der Waals surface area contributed by atoms with Gasteiger partial charge in [-0.1, -0.05) is 6.07 Å². The Morgan fingerprint density at radius 1 is 1.42 bits per heavy atom. The molecule has 1 atom stereocenters. The minimum Gasteiger partial charge on any atom is -0.329 e. The van der Waals surface area contributed by atoms with Crippen LogP contribution in [-0.2, 0) is 13.0 Å². The van der Waals surface area contributed by atoms with E-state index < -0.39 is 24.8 Å². The quantitative estimate of drug-likeness (QED) is 0.875. The maximum absolute atomic E-state index is 12.6. The van der Waals surface area contributed by atoms with E-state index in [1.165, 1.54) is 12.3 Å². The molecule has 2 aromatic rings. The molecule has 0 radical (unpaired) electrons. The number of urea groups is 1. The van der Waals surface area contributed by atoms with Gasteiger partial charge in [-0.2, -0.15) is 23.5 Å². The van der Waals surface area contributed by atoms with Crippen molar-refractivity contribution < 1.29 is 18.0 Å². The Kier molecular flexibility index (Phi) is 4.84. The van der Waals surface area contributed by atoms with Gasteiger partial charge in [0.2, 0.25) is 0 Å². The number of hydrogen-bond donors (Lipinski definition) is 2. The van der Waals surface area contributed by atoms with Crippen molar-refractivity contribution in [2.45, 2.75) is 38.0 Å². The first kappa shape index (κ1) is 17.8. The Labute approximate surface area is 147 Å². The predicted octanol–water partition coefficient (Wildman–Crippen LogP) is 3.52. The summed E-state index contributed by atoms with van der Waals surface area (Å²) in [6.07, 6.45) is -0.968. The number of hydrogen-bond acceptors (Lipinski definition) is 3. The van der Waals surface area contributed by atoms with Crippen LogP contribution in [0.4, 0.5) is 23.7 Å². The number of nitrogens with one attached hydrogen (secondary N) is 2. The van der Waals surface area contributed by atoms with E-state index in [0.29, 0.717) is 29.8 Å². The van der Waals surface area contributed by atoms with Crippen LogP contribution in [-0.4, -0.2) is 22.0 Å². The van der Waals surface area contributed by atoms with E-state index in [-0.39, 0.29) is 0 Å². The number of amides is 2. The molecule has 0 fully saturated rings. The molecule has 0 saturated carbocycles. The van der Waals surface area contributed by atoms with Crippen LogP contribution in [0.3, 0.4) is 0 Å². The summed E-state index contributed by atoms with van der Waals surface area (Å²) >= 11 is 0. The number of nitrogens with zero attached hydrogens (tertiary/aromatic N) is 3. The van der Waals surface area contributed by atoms with Crippen LogP contribution >= 0.6 is 0 Å². The van der Waals surface area contributed by atoms with Crippen molar-refractivity contribution >= 4 is 11.7 Å². The van der Waals surface area contributed by atoms with Crippen LogP contribution in [0.1, 0.15) is 35.7 Å². The first-order valence-corrected chi connectivity index (χ1v) is 8.05. The van der Waals surface area contributed by atoms with Crippen molar-refractivity contribution in [2.24, 2.45) is 0 Å². The van der Waals surface area contributed by atoms with E-state index in [1.54, 1.807) is 18.2 Å². The lowest BCUT2D eigenvalue weighted by Gasteiger charge is -2.22. The number of nitriles is 1. The van der Waals surface area contributed by atoms with Crippen LogP contribution < -0.4 is 10.6 Å². The normalized spacial score (nSPS) is 16.5. The molecule has 1 aliphatic rings. The lowest BCUT2D eigenvalue weighted by Crippen LogP contribution is -2.34. The highest BCUT2D eigenvalue weighted by atomic mass is 19.4. The zero-order valence-electron chi connectivity index (χ0n) is 13.7.